The molecule has 1 aromatic carbocycles. The monoisotopic (exact) mass is 395 g/mol. The number of carbonyl (C=O) groups excluding carboxylic acids is 2. The van der Waals surface area contributed by atoms with Crippen molar-refractivity contribution in [2.45, 2.75) is 6.42 Å². The summed E-state index contributed by atoms with van der Waals surface area (Å²) < 4.78 is 0. The minimum Gasteiger partial charge on any atom is -0.354 e. The maximum absolute atomic E-state index is 11.8. The van der Waals surface area contributed by atoms with Gasteiger partial charge in [-0.05, 0) is 49.5 Å². The van der Waals surface area contributed by atoms with Gasteiger partial charge in [-0.25, -0.2) is 4.98 Å². The van der Waals surface area contributed by atoms with Gasteiger partial charge in [-0.1, -0.05) is 18.2 Å². The fourth-order valence-corrected chi connectivity index (χ4v) is 3.97. The molecule has 2 aliphatic rings. The van der Waals surface area contributed by atoms with Crippen molar-refractivity contribution < 1.29 is 9.59 Å². The zero-order chi connectivity index (χ0) is 19.5. The van der Waals surface area contributed by atoms with Crippen molar-refractivity contribution >= 4 is 34.8 Å². The van der Waals surface area contributed by atoms with Crippen molar-refractivity contribution in [3.8, 4) is 11.3 Å². The van der Waals surface area contributed by atoms with Gasteiger partial charge in [0.25, 0.3) is 11.1 Å². The van der Waals surface area contributed by atoms with Crippen molar-refractivity contribution in [2.24, 2.45) is 0 Å². The van der Waals surface area contributed by atoms with Crippen LogP contribution < -0.4 is 10.2 Å². The number of amides is 2. The summed E-state index contributed by atoms with van der Waals surface area (Å²) in [5, 5.41) is 1.93. The molecule has 0 radical (unpaired) electrons. The standard InChI is InChI=1S/C20H21N5O2S/c1-24-6-3-7-25(9-8-24)18-13-21-12-16(22-18)15-5-2-4-14(10-15)11-17-19(26)23-20(27)28-17/h2,4-5,10-13H,3,6-9H2,1H3,(H,23,26,27)/b17-11+. The van der Waals surface area contributed by atoms with E-state index in [1.165, 1.54) is 0 Å². The highest BCUT2D eigenvalue weighted by molar-refractivity contribution is 8.18. The van der Waals surface area contributed by atoms with Crippen LogP contribution in [0.5, 0.6) is 0 Å². The Morgan fingerprint density at radius 2 is 2.04 bits per heavy atom. The first-order chi connectivity index (χ1) is 13.6. The van der Waals surface area contributed by atoms with Crippen LogP contribution in [-0.4, -0.2) is 59.2 Å². The number of nitrogens with zero attached hydrogens (tertiary/aromatic N) is 4. The topological polar surface area (TPSA) is 78.4 Å². The van der Waals surface area contributed by atoms with Gasteiger partial charge < -0.3 is 9.80 Å². The van der Waals surface area contributed by atoms with Gasteiger partial charge in [-0.3, -0.25) is 19.9 Å². The second-order valence-electron chi connectivity index (χ2n) is 6.88. The maximum atomic E-state index is 11.8. The van der Waals surface area contributed by atoms with E-state index in [-0.39, 0.29) is 11.1 Å². The molecule has 1 aromatic heterocycles. The zero-order valence-corrected chi connectivity index (χ0v) is 16.4. The maximum Gasteiger partial charge on any atom is 0.290 e. The fraction of sp³-hybridized carbons (Fsp3) is 0.300. The Labute approximate surface area is 167 Å². The summed E-state index contributed by atoms with van der Waals surface area (Å²) in [6.45, 7) is 4.00. The van der Waals surface area contributed by atoms with Crippen LogP contribution in [-0.2, 0) is 4.79 Å². The largest absolute Gasteiger partial charge is 0.354 e. The van der Waals surface area contributed by atoms with Gasteiger partial charge in [0.15, 0.2) is 0 Å². The van der Waals surface area contributed by atoms with Gasteiger partial charge in [0.1, 0.15) is 5.82 Å². The second-order valence-corrected chi connectivity index (χ2v) is 7.90. The van der Waals surface area contributed by atoms with E-state index in [4.69, 9.17) is 4.98 Å². The summed E-state index contributed by atoms with van der Waals surface area (Å²) in [6, 6.07) is 7.73. The number of benzene rings is 1. The molecular weight excluding hydrogens is 374 g/mol. The van der Waals surface area contributed by atoms with E-state index >= 15 is 0 Å². The third-order valence-corrected chi connectivity index (χ3v) is 5.60. The molecule has 1 N–H and O–H groups in total. The molecule has 0 aliphatic carbocycles. The molecule has 0 saturated carbocycles. The summed E-state index contributed by atoms with van der Waals surface area (Å²) >= 11 is 0.916. The molecule has 28 heavy (non-hydrogen) atoms. The Morgan fingerprint density at radius 1 is 1.14 bits per heavy atom. The number of thioether (sulfide) groups is 1. The van der Waals surface area contributed by atoms with Crippen LogP contribution in [0.15, 0.2) is 41.6 Å². The smallest absolute Gasteiger partial charge is 0.290 e. The average molecular weight is 395 g/mol. The summed E-state index contributed by atoms with van der Waals surface area (Å²) in [7, 11) is 2.14. The first kappa shape index (κ1) is 18.6. The lowest BCUT2D eigenvalue weighted by atomic mass is 10.1. The molecule has 2 saturated heterocycles. The van der Waals surface area contributed by atoms with Crippen molar-refractivity contribution in [2.75, 3.05) is 38.1 Å². The van der Waals surface area contributed by atoms with Gasteiger partial charge >= 0.3 is 0 Å². The number of imide groups is 1. The molecule has 0 spiro atoms. The van der Waals surface area contributed by atoms with E-state index in [0.717, 1.165) is 67.0 Å². The zero-order valence-electron chi connectivity index (χ0n) is 15.6. The molecule has 2 amide bonds. The molecule has 2 aliphatic heterocycles. The first-order valence-electron chi connectivity index (χ1n) is 9.19. The SMILES string of the molecule is CN1CCCN(c2cncc(-c3cccc(/C=C4/SC(=O)NC4=O)c3)n2)CC1. The second kappa shape index (κ2) is 8.12. The Hall–Kier alpha value is -2.71. The Morgan fingerprint density at radius 3 is 2.86 bits per heavy atom. The summed E-state index contributed by atoms with van der Waals surface area (Å²) in [6.07, 6.45) is 6.38. The van der Waals surface area contributed by atoms with Crippen LogP contribution in [0.1, 0.15) is 12.0 Å². The van der Waals surface area contributed by atoms with Gasteiger partial charge in [-0.2, -0.15) is 0 Å². The minimum atomic E-state index is -0.353. The summed E-state index contributed by atoms with van der Waals surface area (Å²) in [5.41, 5.74) is 2.55. The van der Waals surface area contributed by atoms with Gasteiger partial charge in [0.05, 0.1) is 23.0 Å². The van der Waals surface area contributed by atoms with Gasteiger partial charge in [-0.15, -0.1) is 0 Å². The Kier molecular flexibility index (Phi) is 5.40. The molecule has 4 rings (SSSR count). The molecular formula is C20H21N5O2S. The molecule has 144 valence electrons. The Balaban J connectivity index is 1.59. The predicted molar refractivity (Wildman–Crippen MR) is 111 cm³/mol. The summed E-state index contributed by atoms with van der Waals surface area (Å²) in [4.78, 5) is 37.3. The fourth-order valence-electron chi connectivity index (χ4n) is 3.28. The van der Waals surface area contributed by atoms with E-state index in [0.29, 0.717) is 4.91 Å². The minimum absolute atomic E-state index is 0.339. The average Bonchev–Trinajstić information content (AvgIpc) is 2.88. The first-order valence-corrected chi connectivity index (χ1v) is 10.0. The highest BCUT2D eigenvalue weighted by Gasteiger charge is 2.25. The Bertz CT molecular complexity index is 946. The molecule has 0 atom stereocenters. The molecule has 2 aromatic rings. The summed E-state index contributed by atoms with van der Waals surface area (Å²) in [5.74, 6) is 0.529. The number of rotatable bonds is 3. The lowest BCUT2D eigenvalue weighted by molar-refractivity contribution is -0.115. The predicted octanol–water partition coefficient (Wildman–Crippen LogP) is 2.61. The van der Waals surface area contributed by atoms with Crippen LogP contribution in [0.25, 0.3) is 17.3 Å². The molecule has 0 unspecified atom stereocenters. The highest BCUT2D eigenvalue weighted by Crippen LogP contribution is 2.27. The number of hydrogen-bond donors (Lipinski definition) is 1. The normalized spacial score (nSPS) is 19.8. The quantitative estimate of drug-likeness (QED) is 0.801. The van der Waals surface area contributed by atoms with Crippen LogP contribution >= 0.6 is 11.8 Å². The van der Waals surface area contributed by atoms with Crippen LogP contribution in [0.2, 0.25) is 0 Å². The number of nitrogens with one attached hydrogen (secondary N) is 1. The van der Waals surface area contributed by atoms with Gasteiger partial charge in [0, 0.05) is 25.2 Å². The van der Waals surface area contributed by atoms with E-state index in [1.807, 2.05) is 30.5 Å². The van der Waals surface area contributed by atoms with Crippen molar-refractivity contribution in [3.05, 3.63) is 47.1 Å². The van der Waals surface area contributed by atoms with Gasteiger partial charge in [0.2, 0.25) is 0 Å². The number of likely N-dealkylation sites (N-methyl/N-ethyl adjacent to an activating group) is 1. The lowest BCUT2D eigenvalue weighted by Crippen LogP contribution is -2.29. The number of carbonyl (C=O) groups is 2. The molecule has 0 bridgehead atoms. The van der Waals surface area contributed by atoms with Crippen LogP contribution in [0.3, 0.4) is 0 Å². The molecule has 8 heteroatoms. The third-order valence-electron chi connectivity index (χ3n) is 4.79. The van der Waals surface area contributed by atoms with E-state index in [1.54, 1.807) is 12.3 Å². The number of hydrogen-bond acceptors (Lipinski definition) is 7. The number of aromatic nitrogens is 2. The highest BCUT2D eigenvalue weighted by atomic mass is 32.2. The number of anilines is 1. The third kappa shape index (κ3) is 4.23. The van der Waals surface area contributed by atoms with Crippen molar-refractivity contribution in [1.82, 2.24) is 20.2 Å². The lowest BCUT2D eigenvalue weighted by Gasteiger charge is -2.21. The van der Waals surface area contributed by atoms with E-state index in [2.05, 4.69) is 27.1 Å². The van der Waals surface area contributed by atoms with Crippen LogP contribution in [0, 0.1) is 0 Å². The molecule has 2 fully saturated rings. The molecule has 3 heterocycles. The van der Waals surface area contributed by atoms with E-state index in [9.17, 15) is 9.59 Å². The van der Waals surface area contributed by atoms with Crippen LogP contribution in [0.4, 0.5) is 10.6 Å². The van der Waals surface area contributed by atoms with Crippen molar-refractivity contribution in [1.29, 1.82) is 0 Å². The van der Waals surface area contributed by atoms with Crippen molar-refractivity contribution in [3.63, 3.8) is 0 Å². The van der Waals surface area contributed by atoms with E-state index < -0.39 is 0 Å². The molecule has 7 nitrogen and oxygen atoms in total.